The van der Waals surface area contributed by atoms with E-state index in [-0.39, 0.29) is 12.5 Å². The molecule has 0 aliphatic heterocycles. The summed E-state index contributed by atoms with van der Waals surface area (Å²) in [5.74, 6) is 0.977. The van der Waals surface area contributed by atoms with Crippen LogP contribution in [-0.2, 0) is 4.79 Å². The molecule has 0 saturated heterocycles. The molecule has 0 aromatic heterocycles. The molecule has 5 nitrogen and oxygen atoms in total. The van der Waals surface area contributed by atoms with Crippen LogP contribution in [0.5, 0.6) is 11.5 Å². The smallest absolute Gasteiger partial charge is 0.277 e. The molecule has 0 radical (unpaired) electrons. The van der Waals surface area contributed by atoms with Crippen molar-refractivity contribution in [1.82, 2.24) is 5.43 Å². The number of rotatable bonds is 6. The third-order valence-corrected chi connectivity index (χ3v) is 4.03. The van der Waals surface area contributed by atoms with E-state index < -0.39 is 0 Å². The molecule has 0 saturated carbocycles. The minimum absolute atomic E-state index is 0.113. The van der Waals surface area contributed by atoms with Gasteiger partial charge in [0.1, 0.15) is 11.5 Å². The minimum atomic E-state index is -0.344. The number of nitrogens with zero attached hydrogens (tertiary/aromatic N) is 1. The molecule has 120 valence electrons. The monoisotopic (exact) mass is 440 g/mol. The van der Waals surface area contributed by atoms with Gasteiger partial charge in [-0.15, -0.1) is 0 Å². The van der Waals surface area contributed by atoms with E-state index in [0.717, 1.165) is 14.5 Å². The Balaban J connectivity index is 1.85. The molecule has 0 bridgehead atoms. The van der Waals surface area contributed by atoms with Gasteiger partial charge in [0.05, 0.1) is 13.3 Å². The third kappa shape index (κ3) is 5.69. The summed E-state index contributed by atoms with van der Waals surface area (Å²) in [7, 11) is 1.59. The number of ether oxygens (including phenoxy) is 2. The second-order valence-electron chi connectivity index (χ2n) is 4.42. The normalized spacial score (nSPS) is 10.6. The van der Waals surface area contributed by atoms with Crippen LogP contribution in [0.3, 0.4) is 0 Å². The molecule has 2 aromatic rings. The fraction of sp³-hybridized carbons (Fsp3) is 0.125. The van der Waals surface area contributed by atoms with Gasteiger partial charge in [0, 0.05) is 14.5 Å². The van der Waals surface area contributed by atoms with Crippen molar-refractivity contribution in [2.24, 2.45) is 5.10 Å². The summed E-state index contributed by atoms with van der Waals surface area (Å²) in [6, 6.07) is 12.7. The predicted octanol–water partition coefficient (Wildman–Crippen LogP) is 3.75. The molecule has 0 aliphatic carbocycles. The number of benzene rings is 2. The molecule has 0 aliphatic rings. The first-order valence-corrected chi connectivity index (χ1v) is 8.21. The molecule has 1 N–H and O–H groups in total. The lowest BCUT2D eigenvalue weighted by atomic mass is 10.2. The number of carbonyl (C=O) groups is 1. The highest BCUT2D eigenvalue weighted by Crippen LogP contribution is 2.20. The van der Waals surface area contributed by atoms with Crippen LogP contribution in [0.1, 0.15) is 5.56 Å². The summed E-state index contributed by atoms with van der Waals surface area (Å²) >= 11 is 6.74. The summed E-state index contributed by atoms with van der Waals surface area (Å²) in [5.41, 5.74) is 3.20. The van der Waals surface area contributed by atoms with Gasteiger partial charge in [-0.1, -0.05) is 31.9 Å². The van der Waals surface area contributed by atoms with Crippen molar-refractivity contribution in [3.05, 3.63) is 57.0 Å². The Morgan fingerprint density at radius 1 is 1.17 bits per heavy atom. The number of hydrogen-bond donors (Lipinski definition) is 1. The lowest BCUT2D eigenvalue weighted by Crippen LogP contribution is -2.24. The molecular weight excluding hydrogens is 428 g/mol. The highest BCUT2D eigenvalue weighted by Gasteiger charge is 2.02. The molecule has 23 heavy (non-hydrogen) atoms. The van der Waals surface area contributed by atoms with E-state index >= 15 is 0 Å². The van der Waals surface area contributed by atoms with Gasteiger partial charge in [-0.2, -0.15) is 5.10 Å². The zero-order valence-corrected chi connectivity index (χ0v) is 15.4. The van der Waals surface area contributed by atoms with Crippen LogP contribution >= 0.6 is 31.9 Å². The maximum atomic E-state index is 11.7. The van der Waals surface area contributed by atoms with E-state index in [0.29, 0.717) is 11.5 Å². The van der Waals surface area contributed by atoms with Crippen molar-refractivity contribution in [3.63, 3.8) is 0 Å². The molecule has 7 heteroatoms. The maximum Gasteiger partial charge on any atom is 0.277 e. The zero-order valence-electron chi connectivity index (χ0n) is 12.3. The molecule has 0 unspecified atom stereocenters. The number of amides is 1. The van der Waals surface area contributed by atoms with Crippen LogP contribution in [0.25, 0.3) is 0 Å². The lowest BCUT2D eigenvalue weighted by molar-refractivity contribution is -0.123. The second-order valence-corrected chi connectivity index (χ2v) is 6.19. The van der Waals surface area contributed by atoms with Crippen molar-refractivity contribution in [2.75, 3.05) is 13.7 Å². The van der Waals surface area contributed by atoms with Crippen LogP contribution in [0.15, 0.2) is 56.5 Å². The van der Waals surface area contributed by atoms with E-state index in [1.165, 1.54) is 6.21 Å². The molecule has 0 heterocycles. The Hall–Kier alpha value is -1.86. The zero-order chi connectivity index (χ0) is 16.7. The summed E-state index contributed by atoms with van der Waals surface area (Å²) in [5, 5.41) is 3.91. The van der Waals surface area contributed by atoms with E-state index in [1.54, 1.807) is 25.3 Å². The van der Waals surface area contributed by atoms with Crippen molar-refractivity contribution >= 4 is 44.0 Å². The summed E-state index contributed by atoms with van der Waals surface area (Å²) < 4.78 is 12.3. The van der Waals surface area contributed by atoms with Crippen LogP contribution in [-0.4, -0.2) is 25.8 Å². The van der Waals surface area contributed by atoms with Crippen molar-refractivity contribution in [3.8, 4) is 11.5 Å². The maximum absolute atomic E-state index is 11.7. The number of carbonyl (C=O) groups excluding carboxylic acids is 1. The Bertz CT molecular complexity index is 703. The number of hydrazone groups is 1. The van der Waals surface area contributed by atoms with Crippen LogP contribution < -0.4 is 14.9 Å². The van der Waals surface area contributed by atoms with Gasteiger partial charge in [0.25, 0.3) is 5.91 Å². The van der Waals surface area contributed by atoms with Gasteiger partial charge in [-0.3, -0.25) is 4.79 Å². The van der Waals surface area contributed by atoms with Gasteiger partial charge < -0.3 is 9.47 Å². The van der Waals surface area contributed by atoms with Gasteiger partial charge in [0.2, 0.25) is 0 Å². The molecular formula is C16H14Br2N2O3. The number of hydrogen-bond acceptors (Lipinski definition) is 4. The summed E-state index contributed by atoms with van der Waals surface area (Å²) in [4.78, 5) is 11.7. The molecule has 2 rings (SSSR count). The first-order valence-electron chi connectivity index (χ1n) is 6.62. The Labute approximate surface area is 150 Å². The van der Waals surface area contributed by atoms with Crippen molar-refractivity contribution in [2.45, 2.75) is 0 Å². The van der Waals surface area contributed by atoms with Gasteiger partial charge in [0.15, 0.2) is 6.61 Å². The molecule has 0 fully saturated rings. The standard InChI is InChI=1S/C16H14Br2N2O3/c1-22-14-6-7-15(18)11(8-14)9-19-20-16(21)10-23-13-4-2-12(17)3-5-13/h2-9H,10H2,1H3,(H,20,21)/b19-9-. The lowest BCUT2D eigenvalue weighted by Gasteiger charge is -2.05. The van der Waals surface area contributed by atoms with Crippen molar-refractivity contribution in [1.29, 1.82) is 0 Å². The quantitative estimate of drug-likeness (QED) is 0.548. The first kappa shape index (κ1) is 17.5. The molecule has 1 amide bonds. The van der Waals surface area contributed by atoms with Crippen LogP contribution in [0.2, 0.25) is 0 Å². The number of halogens is 2. The Morgan fingerprint density at radius 3 is 2.57 bits per heavy atom. The Kier molecular flexibility index (Phi) is 6.61. The number of methoxy groups -OCH3 is 1. The van der Waals surface area contributed by atoms with Gasteiger partial charge in [-0.25, -0.2) is 5.43 Å². The average molecular weight is 442 g/mol. The van der Waals surface area contributed by atoms with E-state index in [9.17, 15) is 4.79 Å². The molecule has 0 atom stereocenters. The largest absolute Gasteiger partial charge is 0.497 e. The van der Waals surface area contributed by atoms with Crippen molar-refractivity contribution < 1.29 is 14.3 Å². The topological polar surface area (TPSA) is 59.9 Å². The van der Waals surface area contributed by atoms with Crippen LogP contribution in [0, 0.1) is 0 Å². The van der Waals surface area contributed by atoms with E-state index in [1.807, 2.05) is 24.3 Å². The van der Waals surface area contributed by atoms with E-state index in [2.05, 4.69) is 42.4 Å². The second kappa shape index (κ2) is 8.69. The third-order valence-electron chi connectivity index (χ3n) is 2.78. The van der Waals surface area contributed by atoms with Gasteiger partial charge >= 0.3 is 0 Å². The first-order chi connectivity index (χ1) is 11.1. The highest BCUT2D eigenvalue weighted by atomic mass is 79.9. The fourth-order valence-corrected chi connectivity index (χ4v) is 2.25. The molecule has 2 aromatic carbocycles. The number of nitrogens with one attached hydrogen (secondary N) is 1. The molecule has 0 spiro atoms. The summed E-state index contributed by atoms with van der Waals surface area (Å²) in [6.07, 6.45) is 1.53. The van der Waals surface area contributed by atoms with E-state index in [4.69, 9.17) is 9.47 Å². The van der Waals surface area contributed by atoms with Gasteiger partial charge in [-0.05, 0) is 42.5 Å². The average Bonchev–Trinajstić information content (AvgIpc) is 2.56. The Morgan fingerprint density at radius 2 is 1.87 bits per heavy atom. The van der Waals surface area contributed by atoms with Crippen LogP contribution in [0.4, 0.5) is 0 Å². The summed E-state index contributed by atoms with van der Waals surface area (Å²) in [6.45, 7) is -0.113. The predicted molar refractivity (Wildman–Crippen MR) is 96.1 cm³/mol. The SMILES string of the molecule is COc1ccc(Br)c(/C=N\NC(=O)COc2ccc(Br)cc2)c1. The minimum Gasteiger partial charge on any atom is -0.497 e. The highest BCUT2D eigenvalue weighted by molar-refractivity contribution is 9.10. The fourth-order valence-electron chi connectivity index (χ4n) is 1.63.